The van der Waals surface area contributed by atoms with Crippen LogP contribution in [0.15, 0.2) is 53.1 Å². The van der Waals surface area contributed by atoms with E-state index in [1.165, 1.54) is 18.4 Å². The van der Waals surface area contributed by atoms with E-state index in [4.69, 9.17) is 9.15 Å². The first-order valence-electron chi connectivity index (χ1n) is 11.7. The van der Waals surface area contributed by atoms with Crippen LogP contribution >= 0.6 is 11.3 Å². The molecule has 1 amide bonds. The zero-order chi connectivity index (χ0) is 22.4. The quantitative estimate of drug-likeness (QED) is 0.410. The third kappa shape index (κ3) is 4.11. The van der Waals surface area contributed by atoms with E-state index in [-0.39, 0.29) is 5.91 Å². The lowest BCUT2D eigenvalue weighted by molar-refractivity contribution is -0.120. The van der Waals surface area contributed by atoms with Crippen molar-refractivity contribution in [1.82, 2.24) is 15.2 Å². The van der Waals surface area contributed by atoms with E-state index in [0.717, 1.165) is 52.7 Å². The number of ether oxygens (including phenoxy) is 1. The molecule has 2 fully saturated rings. The largest absolute Gasteiger partial charge is 0.464 e. The summed E-state index contributed by atoms with van der Waals surface area (Å²) in [5, 5.41) is 4.92. The minimum Gasteiger partial charge on any atom is -0.464 e. The summed E-state index contributed by atoms with van der Waals surface area (Å²) >= 11 is 1.54. The van der Waals surface area contributed by atoms with E-state index >= 15 is 0 Å². The fraction of sp³-hybridized carbons (Fsp3) is 0.385. The van der Waals surface area contributed by atoms with Gasteiger partial charge in [0.25, 0.3) is 5.19 Å². The fourth-order valence-electron chi connectivity index (χ4n) is 5.61. The number of benzene rings is 2. The van der Waals surface area contributed by atoms with Gasteiger partial charge in [0.05, 0.1) is 16.5 Å². The van der Waals surface area contributed by atoms with Crippen molar-refractivity contribution < 1.29 is 13.9 Å². The molecule has 33 heavy (non-hydrogen) atoms. The number of piperidine rings is 1. The molecular formula is C26H27N3O3S. The Morgan fingerprint density at radius 2 is 2.03 bits per heavy atom. The lowest BCUT2D eigenvalue weighted by Gasteiger charge is -2.39. The van der Waals surface area contributed by atoms with Crippen molar-refractivity contribution in [2.24, 2.45) is 0 Å². The van der Waals surface area contributed by atoms with Crippen LogP contribution in [-0.4, -0.2) is 40.5 Å². The molecule has 1 N–H and O–H groups in total. The highest BCUT2D eigenvalue weighted by Crippen LogP contribution is 2.37. The van der Waals surface area contributed by atoms with Gasteiger partial charge in [-0.05, 0) is 61.9 Å². The molecule has 0 aliphatic carbocycles. The molecule has 6 rings (SSSR count). The van der Waals surface area contributed by atoms with Crippen molar-refractivity contribution in [2.75, 3.05) is 6.54 Å². The van der Waals surface area contributed by atoms with Crippen LogP contribution in [0.3, 0.4) is 0 Å². The van der Waals surface area contributed by atoms with Crippen LogP contribution in [0.5, 0.6) is 10.9 Å². The molecule has 2 aliphatic rings. The number of aromatic nitrogens is 1. The summed E-state index contributed by atoms with van der Waals surface area (Å²) in [6.07, 6.45) is 7.45. The third-order valence-electron chi connectivity index (χ3n) is 7.04. The maximum absolute atomic E-state index is 11.5. The monoisotopic (exact) mass is 461 g/mol. The number of amides is 1. The molecule has 170 valence electrons. The van der Waals surface area contributed by atoms with Gasteiger partial charge in [0.2, 0.25) is 5.91 Å². The number of fused-ring (bicyclic) bond motifs is 4. The van der Waals surface area contributed by atoms with Gasteiger partial charge in [0, 0.05) is 43.0 Å². The summed E-state index contributed by atoms with van der Waals surface area (Å²) < 4.78 is 13.0. The summed E-state index contributed by atoms with van der Waals surface area (Å²) in [7, 11) is 0. The van der Waals surface area contributed by atoms with Crippen LogP contribution in [0.4, 0.5) is 0 Å². The fourth-order valence-corrected chi connectivity index (χ4v) is 6.45. The second-order valence-electron chi connectivity index (χ2n) is 9.21. The van der Waals surface area contributed by atoms with Crippen molar-refractivity contribution in [3.8, 4) is 10.9 Å². The van der Waals surface area contributed by atoms with Gasteiger partial charge in [0.1, 0.15) is 11.3 Å². The Hall–Kier alpha value is -2.90. The molecule has 3 atom stereocenters. The zero-order valence-electron chi connectivity index (χ0n) is 18.6. The van der Waals surface area contributed by atoms with Gasteiger partial charge in [-0.1, -0.05) is 23.5 Å². The average Bonchev–Trinajstić information content (AvgIpc) is 3.45. The average molecular weight is 462 g/mol. The van der Waals surface area contributed by atoms with Crippen LogP contribution in [-0.2, 0) is 11.2 Å². The number of rotatable bonds is 6. The number of carbonyl (C=O) groups excluding carboxylic acids is 1. The van der Waals surface area contributed by atoms with Crippen LogP contribution in [0.25, 0.3) is 21.2 Å². The molecule has 0 saturated carbocycles. The van der Waals surface area contributed by atoms with Gasteiger partial charge in [-0.2, -0.15) is 0 Å². The standard InChI is InChI=1S/C26H27N3O3S/c1-16(30)27-18-12-19-6-7-20(13-18)29(19)11-10-17-15-31-24-14-21(8-9-22(17)24)32-26-28-23-4-2-3-5-25(23)33-26/h2-5,8-9,14-15,18-20H,6-7,10-13H2,1H3,(H,27,30)/t18?,19-,20+. The highest BCUT2D eigenvalue weighted by Gasteiger charge is 2.40. The Morgan fingerprint density at radius 1 is 1.21 bits per heavy atom. The van der Waals surface area contributed by atoms with E-state index in [2.05, 4.69) is 27.3 Å². The Kier molecular flexibility index (Phi) is 5.31. The van der Waals surface area contributed by atoms with E-state index < -0.39 is 0 Å². The second kappa shape index (κ2) is 8.47. The zero-order valence-corrected chi connectivity index (χ0v) is 19.4. The number of hydrogen-bond donors (Lipinski definition) is 1. The molecular weight excluding hydrogens is 434 g/mol. The van der Waals surface area contributed by atoms with Gasteiger partial charge < -0.3 is 14.5 Å². The minimum atomic E-state index is 0.0872. The minimum absolute atomic E-state index is 0.0872. The van der Waals surface area contributed by atoms with Crippen molar-refractivity contribution in [3.05, 3.63) is 54.3 Å². The highest BCUT2D eigenvalue weighted by molar-refractivity contribution is 7.20. The molecule has 0 radical (unpaired) electrons. The number of nitrogens with one attached hydrogen (secondary N) is 1. The van der Waals surface area contributed by atoms with Gasteiger partial charge in [-0.3, -0.25) is 9.69 Å². The molecule has 2 saturated heterocycles. The molecule has 2 aromatic carbocycles. The lowest BCUT2D eigenvalue weighted by atomic mass is 9.96. The molecule has 2 aliphatic heterocycles. The molecule has 6 nitrogen and oxygen atoms in total. The van der Waals surface area contributed by atoms with E-state index in [9.17, 15) is 4.79 Å². The molecule has 0 spiro atoms. The van der Waals surface area contributed by atoms with E-state index in [0.29, 0.717) is 23.3 Å². The predicted molar refractivity (Wildman–Crippen MR) is 130 cm³/mol. The first kappa shape index (κ1) is 20.7. The summed E-state index contributed by atoms with van der Waals surface area (Å²) in [6, 6.07) is 15.6. The van der Waals surface area contributed by atoms with Gasteiger partial charge in [0.15, 0.2) is 0 Å². The van der Waals surface area contributed by atoms with Gasteiger partial charge >= 0.3 is 0 Å². The first-order valence-corrected chi connectivity index (χ1v) is 12.5. The normalized spacial score (nSPS) is 22.8. The molecule has 4 heterocycles. The molecule has 4 aromatic rings. The maximum Gasteiger partial charge on any atom is 0.279 e. The highest BCUT2D eigenvalue weighted by atomic mass is 32.1. The van der Waals surface area contributed by atoms with Crippen molar-refractivity contribution in [2.45, 2.75) is 57.2 Å². The summed E-state index contributed by atoms with van der Waals surface area (Å²) in [5.74, 6) is 0.824. The van der Waals surface area contributed by atoms with E-state index in [1.807, 2.05) is 36.6 Å². The summed E-state index contributed by atoms with van der Waals surface area (Å²) in [6.45, 7) is 2.65. The Bertz CT molecular complexity index is 1270. The second-order valence-corrected chi connectivity index (χ2v) is 10.2. The van der Waals surface area contributed by atoms with Crippen LogP contribution in [0, 0.1) is 0 Å². The molecule has 2 aromatic heterocycles. The topological polar surface area (TPSA) is 67.6 Å². The predicted octanol–water partition coefficient (Wildman–Crippen LogP) is 5.51. The summed E-state index contributed by atoms with van der Waals surface area (Å²) in [5.41, 5.74) is 3.03. The number of furan rings is 1. The molecule has 7 heteroatoms. The maximum atomic E-state index is 11.5. The number of carbonyl (C=O) groups is 1. The lowest BCUT2D eigenvalue weighted by Crippen LogP contribution is -2.50. The number of nitrogens with zero attached hydrogens (tertiary/aromatic N) is 2. The van der Waals surface area contributed by atoms with Crippen LogP contribution in [0.2, 0.25) is 0 Å². The SMILES string of the molecule is CC(=O)NC1C[C@H]2CC[C@@H](C1)N2CCc1coc2cc(Oc3nc4ccccc4s3)ccc12. The molecule has 1 unspecified atom stereocenters. The number of thiazole rings is 1. The van der Waals surface area contributed by atoms with Gasteiger partial charge in [-0.25, -0.2) is 4.98 Å². The van der Waals surface area contributed by atoms with Gasteiger partial charge in [-0.15, -0.1) is 0 Å². The Balaban J connectivity index is 1.13. The van der Waals surface area contributed by atoms with Crippen molar-refractivity contribution >= 4 is 38.4 Å². The number of hydrogen-bond acceptors (Lipinski definition) is 6. The van der Waals surface area contributed by atoms with Crippen LogP contribution < -0.4 is 10.1 Å². The smallest absolute Gasteiger partial charge is 0.279 e. The van der Waals surface area contributed by atoms with Crippen molar-refractivity contribution in [1.29, 1.82) is 0 Å². The first-order chi connectivity index (χ1) is 16.1. The van der Waals surface area contributed by atoms with E-state index in [1.54, 1.807) is 18.3 Å². The van der Waals surface area contributed by atoms with Crippen molar-refractivity contribution in [3.63, 3.8) is 0 Å². The Morgan fingerprint density at radius 3 is 2.82 bits per heavy atom. The van der Waals surface area contributed by atoms with Crippen LogP contribution in [0.1, 0.15) is 38.2 Å². The molecule has 2 bridgehead atoms. The number of para-hydroxylation sites is 1. The third-order valence-corrected chi connectivity index (χ3v) is 7.95. The Labute approximate surface area is 196 Å². The summed E-state index contributed by atoms with van der Waals surface area (Å²) in [4.78, 5) is 18.7.